The van der Waals surface area contributed by atoms with E-state index in [9.17, 15) is 13.6 Å². The van der Waals surface area contributed by atoms with E-state index >= 15 is 0 Å². The Labute approximate surface area is 79.0 Å². The summed E-state index contributed by atoms with van der Waals surface area (Å²) in [6, 6.07) is 2.02. The Morgan fingerprint density at radius 2 is 2.21 bits per heavy atom. The van der Waals surface area contributed by atoms with Crippen molar-refractivity contribution in [2.75, 3.05) is 6.61 Å². The summed E-state index contributed by atoms with van der Waals surface area (Å²) in [5.74, 6) is -2.34. The van der Waals surface area contributed by atoms with Crippen molar-refractivity contribution >= 4 is 11.8 Å². The molecular formula is C9H7F2NO2. The van der Waals surface area contributed by atoms with Gasteiger partial charge in [0.25, 0.3) is 0 Å². The van der Waals surface area contributed by atoms with Gasteiger partial charge in [0.05, 0.1) is 6.61 Å². The minimum Gasteiger partial charge on any atom is -0.488 e. The van der Waals surface area contributed by atoms with Gasteiger partial charge in [0.2, 0.25) is 6.08 Å². The molecule has 0 N–H and O–H groups in total. The van der Waals surface area contributed by atoms with Gasteiger partial charge in [-0.05, 0) is 19.1 Å². The highest BCUT2D eigenvalue weighted by Gasteiger charge is 2.14. The van der Waals surface area contributed by atoms with Gasteiger partial charge in [-0.1, -0.05) is 0 Å². The number of isocyanates is 1. The molecule has 0 aliphatic rings. The number of ether oxygens (including phenoxy) is 1. The number of halogens is 2. The fraction of sp³-hybridized carbons (Fsp3) is 0.222. The van der Waals surface area contributed by atoms with Gasteiger partial charge in [-0.2, -0.15) is 4.99 Å². The molecule has 0 amide bonds. The summed E-state index contributed by atoms with van der Waals surface area (Å²) in [5.41, 5.74) is -0.287. The number of nitrogens with zero attached hydrogens (tertiary/aromatic N) is 1. The third-order valence-corrected chi connectivity index (χ3v) is 1.48. The second-order valence-corrected chi connectivity index (χ2v) is 2.35. The molecule has 0 spiro atoms. The summed E-state index contributed by atoms with van der Waals surface area (Å²) < 4.78 is 30.9. The molecule has 0 saturated heterocycles. The molecule has 0 unspecified atom stereocenters. The Morgan fingerprint density at radius 3 is 2.79 bits per heavy atom. The maximum Gasteiger partial charge on any atom is 0.240 e. The highest BCUT2D eigenvalue weighted by atomic mass is 19.1. The normalized spacial score (nSPS) is 9.36. The largest absolute Gasteiger partial charge is 0.488 e. The van der Waals surface area contributed by atoms with E-state index in [0.29, 0.717) is 0 Å². The van der Waals surface area contributed by atoms with Crippen molar-refractivity contribution in [3.05, 3.63) is 23.8 Å². The van der Waals surface area contributed by atoms with Crippen molar-refractivity contribution in [3.8, 4) is 5.75 Å². The van der Waals surface area contributed by atoms with E-state index in [1.807, 2.05) is 0 Å². The monoisotopic (exact) mass is 199 g/mol. The Hall–Kier alpha value is -1.74. The van der Waals surface area contributed by atoms with Crippen LogP contribution >= 0.6 is 0 Å². The van der Waals surface area contributed by atoms with Crippen molar-refractivity contribution in [2.24, 2.45) is 4.99 Å². The number of aliphatic imine (C=N–C) groups is 1. The van der Waals surface area contributed by atoms with Crippen LogP contribution in [0.3, 0.4) is 0 Å². The third-order valence-electron chi connectivity index (χ3n) is 1.48. The number of carbonyl (C=O) groups excluding carboxylic acids is 1. The summed E-state index contributed by atoms with van der Waals surface area (Å²) in [7, 11) is 0. The fourth-order valence-electron chi connectivity index (χ4n) is 0.934. The molecule has 0 atom stereocenters. The Kier molecular flexibility index (Phi) is 3.31. The van der Waals surface area contributed by atoms with Crippen LogP contribution in [-0.4, -0.2) is 12.7 Å². The van der Waals surface area contributed by atoms with Crippen molar-refractivity contribution in [2.45, 2.75) is 6.92 Å². The highest BCUT2D eigenvalue weighted by molar-refractivity contribution is 5.53. The van der Waals surface area contributed by atoms with Crippen LogP contribution in [0.15, 0.2) is 17.1 Å². The molecule has 1 aromatic carbocycles. The summed E-state index contributed by atoms with van der Waals surface area (Å²) in [6.45, 7) is 1.72. The first-order valence-electron chi connectivity index (χ1n) is 3.89. The molecule has 0 aliphatic heterocycles. The molecule has 74 valence electrons. The van der Waals surface area contributed by atoms with Crippen molar-refractivity contribution < 1.29 is 18.3 Å². The first kappa shape index (κ1) is 10.3. The van der Waals surface area contributed by atoms with E-state index in [0.717, 1.165) is 12.1 Å². The fourth-order valence-corrected chi connectivity index (χ4v) is 0.934. The van der Waals surface area contributed by atoms with E-state index in [2.05, 4.69) is 4.99 Å². The molecule has 14 heavy (non-hydrogen) atoms. The molecule has 0 saturated carbocycles. The van der Waals surface area contributed by atoms with Crippen molar-refractivity contribution in [1.82, 2.24) is 0 Å². The summed E-state index contributed by atoms with van der Waals surface area (Å²) in [4.78, 5) is 13.0. The van der Waals surface area contributed by atoms with Gasteiger partial charge < -0.3 is 4.74 Å². The lowest BCUT2D eigenvalue weighted by molar-refractivity contribution is 0.303. The maximum atomic E-state index is 13.3. The number of hydrogen-bond donors (Lipinski definition) is 0. The average Bonchev–Trinajstić information content (AvgIpc) is 2.17. The van der Waals surface area contributed by atoms with Crippen LogP contribution in [0.25, 0.3) is 0 Å². The van der Waals surface area contributed by atoms with Crippen LogP contribution in [-0.2, 0) is 4.79 Å². The van der Waals surface area contributed by atoms with Gasteiger partial charge in [0.15, 0.2) is 17.4 Å². The molecule has 0 radical (unpaired) electrons. The predicted octanol–water partition coefficient (Wildman–Crippen LogP) is 2.33. The van der Waals surface area contributed by atoms with E-state index < -0.39 is 17.4 Å². The zero-order valence-corrected chi connectivity index (χ0v) is 7.38. The topological polar surface area (TPSA) is 38.7 Å². The molecular weight excluding hydrogens is 192 g/mol. The standard InChI is InChI=1S/C9H7F2NO2/c1-2-14-9-6(10)3-4-7(8(9)11)12-5-13/h3-4H,2H2,1H3. The van der Waals surface area contributed by atoms with Gasteiger partial charge in [0.1, 0.15) is 5.69 Å². The van der Waals surface area contributed by atoms with Crippen LogP contribution in [0.5, 0.6) is 5.75 Å². The van der Waals surface area contributed by atoms with Crippen LogP contribution in [0.4, 0.5) is 14.5 Å². The van der Waals surface area contributed by atoms with E-state index in [4.69, 9.17) is 4.74 Å². The summed E-state index contributed by atoms with van der Waals surface area (Å²) >= 11 is 0. The van der Waals surface area contributed by atoms with Gasteiger partial charge in [-0.3, -0.25) is 0 Å². The first-order valence-corrected chi connectivity index (χ1v) is 3.89. The number of rotatable bonds is 3. The number of benzene rings is 1. The van der Waals surface area contributed by atoms with Gasteiger partial charge in [0, 0.05) is 0 Å². The molecule has 0 aliphatic carbocycles. The minimum atomic E-state index is -0.991. The van der Waals surface area contributed by atoms with Gasteiger partial charge >= 0.3 is 0 Å². The molecule has 0 heterocycles. The van der Waals surface area contributed by atoms with Crippen LogP contribution in [0.1, 0.15) is 6.92 Å². The lowest BCUT2D eigenvalue weighted by Crippen LogP contribution is -1.97. The van der Waals surface area contributed by atoms with Gasteiger partial charge in [-0.25, -0.2) is 13.6 Å². The number of hydrogen-bond acceptors (Lipinski definition) is 3. The quantitative estimate of drug-likeness (QED) is 0.553. The molecule has 5 heteroatoms. The molecule has 3 nitrogen and oxygen atoms in total. The Balaban J connectivity index is 3.25. The molecule has 0 aromatic heterocycles. The smallest absolute Gasteiger partial charge is 0.240 e. The minimum absolute atomic E-state index is 0.127. The van der Waals surface area contributed by atoms with Crippen LogP contribution in [0, 0.1) is 11.6 Å². The zero-order valence-electron chi connectivity index (χ0n) is 7.38. The average molecular weight is 199 g/mol. The second kappa shape index (κ2) is 4.48. The Bertz CT molecular complexity index is 387. The maximum absolute atomic E-state index is 13.3. The van der Waals surface area contributed by atoms with E-state index in [1.165, 1.54) is 6.08 Å². The Morgan fingerprint density at radius 1 is 1.50 bits per heavy atom. The highest BCUT2D eigenvalue weighted by Crippen LogP contribution is 2.29. The van der Waals surface area contributed by atoms with E-state index in [1.54, 1.807) is 6.92 Å². The zero-order chi connectivity index (χ0) is 10.6. The second-order valence-electron chi connectivity index (χ2n) is 2.35. The van der Waals surface area contributed by atoms with E-state index in [-0.39, 0.29) is 12.3 Å². The first-order chi connectivity index (χ1) is 6.70. The van der Waals surface area contributed by atoms with Crippen molar-refractivity contribution in [3.63, 3.8) is 0 Å². The SMILES string of the molecule is CCOc1c(F)ccc(N=C=O)c1F. The van der Waals surface area contributed by atoms with Gasteiger partial charge in [-0.15, -0.1) is 0 Å². The predicted molar refractivity (Wildman–Crippen MR) is 45.3 cm³/mol. The summed E-state index contributed by atoms with van der Waals surface area (Å²) in [5, 5.41) is 0. The summed E-state index contributed by atoms with van der Waals surface area (Å²) in [6.07, 6.45) is 1.17. The molecule has 0 bridgehead atoms. The molecule has 1 rings (SSSR count). The lowest BCUT2D eigenvalue weighted by Gasteiger charge is -2.06. The molecule has 1 aromatic rings. The third kappa shape index (κ3) is 1.95. The lowest BCUT2D eigenvalue weighted by atomic mass is 10.3. The van der Waals surface area contributed by atoms with Crippen molar-refractivity contribution in [1.29, 1.82) is 0 Å². The van der Waals surface area contributed by atoms with Crippen LogP contribution in [0.2, 0.25) is 0 Å². The van der Waals surface area contributed by atoms with Crippen LogP contribution < -0.4 is 4.74 Å². The molecule has 0 fully saturated rings.